The Morgan fingerprint density at radius 3 is 2.22 bits per heavy atom. The third-order valence-electron chi connectivity index (χ3n) is 3.68. The summed E-state index contributed by atoms with van der Waals surface area (Å²) in [4.78, 5) is 20.2. The molecule has 0 fully saturated rings. The third kappa shape index (κ3) is 5.44. The number of rotatable bonds is 6. The Labute approximate surface area is 159 Å². The Kier molecular flexibility index (Phi) is 5.84. The van der Waals surface area contributed by atoms with Gasteiger partial charge in [-0.05, 0) is 43.3 Å². The van der Waals surface area contributed by atoms with Gasteiger partial charge in [-0.2, -0.15) is 0 Å². The Balaban J connectivity index is 1.72. The highest BCUT2D eigenvalue weighted by Gasteiger charge is 2.03. The fourth-order valence-electron chi connectivity index (χ4n) is 2.52. The molecule has 0 unspecified atom stereocenters. The van der Waals surface area contributed by atoms with Gasteiger partial charge < -0.3 is 16.0 Å². The van der Waals surface area contributed by atoms with Crippen LogP contribution in [-0.2, 0) is 4.79 Å². The van der Waals surface area contributed by atoms with E-state index in [4.69, 9.17) is 0 Å². The highest BCUT2D eigenvalue weighted by atomic mass is 16.1. The van der Waals surface area contributed by atoms with Gasteiger partial charge in [0.1, 0.15) is 25.8 Å². The molecule has 0 aliphatic rings. The predicted octanol–water partition coefficient (Wildman–Crippen LogP) is 2.74. The van der Waals surface area contributed by atoms with Crippen molar-refractivity contribution in [2.75, 3.05) is 16.0 Å². The first kappa shape index (κ1) is 18.2. The predicted molar refractivity (Wildman–Crippen MR) is 113 cm³/mol. The Morgan fingerprint density at radius 1 is 0.926 bits per heavy atom. The summed E-state index contributed by atoms with van der Waals surface area (Å²) in [6.45, 7) is 1.80. The van der Waals surface area contributed by atoms with Gasteiger partial charge in [-0.1, -0.05) is 29.7 Å². The van der Waals surface area contributed by atoms with Gasteiger partial charge >= 0.3 is 0 Å². The standard InChI is InChI=1S/C20H20BN5O/c1-2-5-20(27)26-17-9-4-8-16(11-17)25-19-12-18(22-13-23-19)24-15-7-3-6-14(21)10-15/h2-13H,21H2,1H3,(H,26,27)(H2,22,23,24,25)/b5-2+. The number of carbonyl (C=O) groups is 1. The zero-order valence-electron chi connectivity index (χ0n) is 15.2. The molecule has 1 heterocycles. The fraction of sp³-hybridized carbons (Fsp3) is 0.0500. The quantitative estimate of drug-likeness (QED) is 0.467. The zero-order chi connectivity index (χ0) is 19.1. The van der Waals surface area contributed by atoms with Gasteiger partial charge in [0.2, 0.25) is 5.91 Å². The number of amides is 1. The molecule has 0 bridgehead atoms. The van der Waals surface area contributed by atoms with Gasteiger partial charge in [-0.15, -0.1) is 0 Å². The number of anilines is 5. The maximum atomic E-state index is 11.7. The molecule has 0 aliphatic heterocycles. The normalized spacial score (nSPS) is 10.6. The molecular formula is C20H20BN5O. The van der Waals surface area contributed by atoms with Crippen molar-refractivity contribution in [2.24, 2.45) is 0 Å². The maximum absolute atomic E-state index is 11.7. The van der Waals surface area contributed by atoms with E-state index in [9.17, 15) is 4.79 Å². The van der Waals surface area contributed by atoms with Crippen LogP contribution in [0.2, 0.25) is 0 Å². The van der Waals surface area contributed by atoms with Crippen molar-refractivity contribution in [1.82, 2.24) is 9.97 Å². The molecule has 3 rings (SSSR count). The minimum Gasteiger partial charge on any atom is -0.340 e. The molecular weight excluding hydrogens is 337 g/mol. The van der Waals surface area contributed by atoms with Crippen LogP contribution < -0.4 is 21.4 Å². The maximum Gasteiger partial charge on any atom is 0.248 e. The van der Waals surface area contributed by atoms with E-state index in [0.717, 1.165) is 11.4 Å². The minimum atomic E-state index is -0.165. The van der Waals surface area contributed by atoms with Crippen LogP contribution in [-0.4, -0.2) is 23.7 Å². The Hall–Kier alpha value is -3.61. The van der Waals surface area contributed by atoms with Gasteiger partial charge in [0, 0.05) is 23.1 Å². The molecule has 3 aromatic rings. The smallest absolute Gasteiger partial charge is 0.248 e. The van der Waals surface area contributed by atoms with Crippen molar-refractivity contribution >= 4 is 47.9 Å². The van der Waals surface area contributed by atoms with Crippen molar-refractivity contribution in [3.05, 3.63) is 73.1 Å². The summed E-state index contributed by atoms with van der Waals surface area (Å²) in [5.74, 6) is 1.18. The van der Waals surface area contributed by atoms with E-state index in [2.05, 4.69) is 25.9 Å². The third-order valence-corrected chi connectivity index (χ3v) is 3.68. The summed E-state index contributed by atoms with van der Waals surface area (Å²) >= 11 is 0. The lowest BCUT2D eigenvalue weighted by Gasteiger charge is -2.10. The number of nitrogens with zero attached hydrogens (tertiary/aromatic N) is 2. The van der Waals surface area contributed by atoms with Gasteiger partial charge in [0.15, 0.2) is 0 Å². The van der Waals surface area contributed by atoms with E-state index in [1.807, 2.05) is 62.4 Å². The molecule has 0 atom stereocenters. The van der Waals surface area contributed by atoms with Crippen LogP contribution in [0.4, 0.5) is 28.7 Å². The number of hydrogen-bond acceptors (Lipinski definition) is 5. The monoisotopic (exact) mass is 357 g/mol. The van der Waals surface area contributed by atoms with Crippen LogP contribution in [0.1, 0.15) is 6.92 Å². The first-order chi connectivity index (χ1) is 13.1. The largest absolute Gasteiger partial charge is 0.340 e. The van der Waals surface area contributed by atoms with Crippen LogP contribution in [0.5, 0.6) is 0 Å². The lowest BCUT2D eigenvalue weighted by atomic mass is 9.96. The van der Waals surface area contributed by atoms with E-state index < -0.39 is 0 Å². The highest BCUT2D eigenvalue weighted by molar-refractivity contribution is 6.32. The van der Waals surface area contributed by atoms with Crippen molar-refractivity contribution in [2.45, 2.75) is 6.92 Å². The lowest BCUT2D eigenvalue weighted by Crippen LogP contribution is -2.07. The molecule has 6 nitrogen and oxygen atoms in total. The summed E-state index contributed by atoms with van der Waals surface area (Å²) in [7, 11) is 2.04. The number of hydrogen-bond donors (Lipinski definition) is 3. The SMILES string of the molecule is Bc1cccc(Nc2cc(Nc3cccc(NC(=O)/C=C/C)c3)ncn2)c1. The fourth-order valence-corrected chi connectivity index (χ4v) is 2.52. The van der Waals surface area contributed by atoms with Crippen LogP contribution in [0.3, 0.4) is 0 Å². The summed E-state index contributed by atoms with van der Waals surface area (Å²) in [5, 5.41) is 9.30. The topological polar surface area (TPSA) is 78.9 Å². The minimum absolute atomic E-state index is 0.165. The van der Waals surface area contributed by atoms with Gasteiger partial charge in [-0.25, -0.2) is 9.97 Å². The second-order valence-electron chi connectivity index (χ2n) is 5.98. The van der Waals surface area contributed by atoms with Crippen molar-refractivity contribution in [1.29, 1.82) is 0 Å². The van der Waals surface area contributed by atoms with Crippen molar-refractivity contribution in [3.8, 4) is 0 Å². The summed E-state index contributed by atoms with van der Waals surface area (Å²) in [6.07, 6.45) is 4.67. The van der Waals surface area contributed by atoms with Gasteiger partial charge in [-0.3, -0.25) is 4.79 Å². The van der Waals surface area contributed by atoms with E-state index in [-0.39, 0.29) is 5.91 Å². The molecule has 3 N–H and O–H groups in total. The number of aromatic nitrogens is 2. The Morgan fingerprint density at radius 2 is 1.56 bits per heavy atom. The van der Waals surface area contributed by atoms with Crippen LogP contribution in [0, 0.1) is 0 Å². The van der Waals surface area contributed by atoms with Gasteiger partial charge in [0.05, 0.1) is 0 Å². The van der Waals surface area contributed by atoms with Crippen LogP contribution in [0.25, 0.3) is 0 Å². The summed E-state index contributed by atoms with van der Waals surface area (Å²) < 4.78 is 0. The van der Waals surface area contributed by atoms with E-state index in [0.29, 0.717) is 17.3 Å². The summed E-state index contributed by atoms with van der Waals surface area (Å²) in [6, 6.07) is 17.3. The molecule has 0 radical (unpaired) electrons. The number of nitrogens with one attached hydrogen (secondary N) is 3. The number of benzene rings is 2. The molecule has 134 valence electrons. The second-order valence-corrected chi connectivity index (χ2v) is 5.98. The molecule has 7 heteroatoms. The molecule has 1 aromatic heterocycles. The second kappa shape index (κ2) is 8.67. The van der Waals surface area contributed by atoms with Crippen molar-refractivity contribution in [3.63, 3.8) is 0 Å². The summed E-state index contributed by atoms with van der Waals surface area (Å²) in [5.41, 5.74) is 3.65. The lowest BCUT2D eigenvalue weighted by molar-refractivity contribution is -0.111. The van der Waals surface area contributed by atoms with E-state index in [1.54, 1.807) is 13.0 Å². The molecule has 1 amide bonds. The Bertz CT molecular complexity index is 974. The highest BCUT2D eigenvalue weighted by Crippen LogP contribution is 2.21. The number of allylic oxidation sites excluding steroid dienone is 1. The van der Waals surface area contributed by atoms with Gasteiger partial charge in [0.25, 0.3) is 0 Å². The van der Waals surface area contributed by atoms with E-state index >= 15 is 0 Å². The van der Waals surface area contributed by atoms with Crippen LogP contribution >= 0.6 is 0 Å². The molecule has 2 aromatic carbocycles. The van der Waals surface area contributed by atoms with E-state index in [1.165, 1.54) is 17.9 Å². The average molecular weight is 357 g/mol. The number of carbonyl (C=O) groups excluding carboxylic acids is 1. The molecule has 0 aliphatic carbocycles. The zero-order valence-corrected chi connectivity index (χ0v) is 15.2. The molecule has 27 heavy (non-hydrogen) atoms. The molecule has 0 saturated carbocycles. The van der Waals surface area contributed by atoms with Crippen LogP contribution in [0.15, 0.2) is 73.1 Å². The average Bonchev–Trinajstić information content (AvgIpc) is 2.62. The first-order valence-electron chi connectivity index (χ1n) is 8.59. The molecule has 0 saturated heterocycles. The van der Waals surface area contributed by atoms with Crippen molar-refractivity contribution < 1.29 is 4.79 Å². The first-order valence-corrected chi connectivity index (χ1v) is 8.59. The molecule has 0 spiro atoms.